The third-order valence-corrected chi connectivity index (χ3v) is 4.69. The summed E-state index contributed by atoms with van der Waals surface area (Å²) in [6.07, 6.45) is 4.76. The van der Waals surface area contributed by atoms with Gasteiger partial charge in [0.05, 0.1) is 6.04 Å². The van der Waals surface area contributed by atoms with Gasteiger partial charge >= 0.3 is 0 Å². The van der Waals surface area contributed by atoms with Crippen molar-refractivity contribution in [2.75, 3.05) is 5.32 Å². The van der Waals surface area contributed by atoms with E-state index in [0.717, 1.165) is 10.2 Å². The molecule has 2 saturated heterocycles. The lowest BCUT2D eigenvalue weighted by atomic mass is 9.76. The molecule has 1 aromatic heterocycles. The Kier molecular flexibility index (Phi) is 3.58. The van der Waals surface area contributed by atoms with E-state index in [4.69, 9.17) is 0 Å². The van der Waals surface area contributed by atoms with Gasteiger partial charge in [-0.3, -0.25) is 4.79 Å². The lowest BCUT2D eigenvalue weighted by Crippen LogP contribution is -2.57. The minimum atomic E-state index is -0.0484. The molecule has 1 aliphatic carbocycles. The van der Waals surface area contributed by atoms with Gasteiger partial charge in [-0.15, -0.1) is 0 Å². The average molecular weight is 324 g/mol. The van der Waals surface area contributed by atoms with Crippen molar-refractivity contribution in [1.82, 2.24) is 10.3 Å². The molecule has 5 heteroatoms. The van der Waals surface area contributed by atoms with Crippen molar-refractivity contribution in [3.63, 3.8) is 0 Å². The molecule has 2 aliphatic heterocycles. The lowest BCUT2D eigenvalue weighted by molar-refractivity contribution is -0.121. The zero-order valence-corrected chi connectivity index (χ0v) is 12.5. The maximum absolute atomic E-state index is 12.4. The van der Waals surface area contributed by atoms with Crippen LogP contribution in [0.2, 0.25) is 0 Å². The summed E-state index contributed by atoms with van der Waals surface area (Å²) in [5, 5.41) is 6.42. The first-order chi connectivity index (χ1) is 9.13. The van der Waals surface area contributed by atoms with E-state index in [1.54, 1.807) is 0 Å². The number of hydrogen-bond donors (Lipinski definition) is 2. The minimum absolute atomic E-state index is 0.0484. The topological polar surface area (TPSA) is 54.0 Å². The van der Waals surface area contributed by atoms with Crippen molar-refractivity contribution < 1.29 is 4.79 Å². The molecule has 1 amide bonds. The van der Waals surface area contributed by atoms with Crippen molar-refractivity contribution in [3.05, 3.63) is 22.3 Å². The monoisotopic (exact) mass is 323 g/mol. The number of rotatable bonds is 2. The summed E-state index contributed by atoms with van der Waals surface area (Å²) in [5.41, 5.74) is 0.984. The van der Waals surface area contributed by atoms with Crippen molar-refractivity contribution in [2.24, 2.45) is 5.92 Å². The molecule has 3 fully saturated rings. The number of fused-ring (bicyclic) bond motifs is 3. The molecule has 2 bridgehead atoms. The highest BCUT2D eigenvalue weighted by molar-refractivity contribution is 9.10. The molecule has 0 spiro atoms. The van der Waals surface area contributed by atoms with Crippen molar-refractivity contribution in [2.45, 2.75) is 44.7 Å². The third-order valence-electron chi connectivity index (χ3n) is 4.25. The van der Waals surface area contributed by atoms with E-state index in [2.05, 4.69) is 31.5 Å². The zero-order chi connectivity index (χ0) is 13.4. The smallest absolute Gasteiger partial charge is 0.242 e. The minimum Gasteiger partial charge on any atom is -0.309 e. The molecule has 0 aromatic carbocycles. The molecule has 0 radical (unpaired) electrons. The van der Waals surface area contributed by atoms with Crippen LogP contribution in [0.5, 0.6) is 0 Å². The average Bonchev–Trinajstić information content (AvgIpc) is 2.44. The van der Waals surface area contributed by atoms with Gasteiger partial charge in [-0.2, -0.15) is 0 Å². The van der Waals surface area contributed by atoms with Crippen molar-refractivity contribution in [3.8, 4) is 0 Å². The first kappa shape index (κ1) is 13.1. The summed E-state index contributed by atoms with van der Waals surface area (Å²) in [4.78, 5) is 16.7. The Balaban J connectivity index is 1.73. The highest BCUT2D eigenvalue weighted by atomic mass is 79.9. The van der Waals surface area contributed by atoms with Gasteiger partial charge in [-0.25, -0.2) is 4.98 Å². The number of piperidine rings is 2. The second-order valence-electron chi connectivity index (χ2n) is 5.54. The summed E-state index contributed by atoms with van der Waals surface area (Å²) >= 11 is 3.34. The molecule has 2 N–H and O–H groups in total. The van der Waals surface area contributed by atoms with Crippen molar-refractivity contribution in [1.29, 1.82) is 0 Å². The van der Waals surface area contributed by atoms with Crippen LogP contribution < -0.4 is 10.6 Å². The molecule has 3 heterocycles. The van der Waals surface area contributed by atoms with Gasteiger partial charge in [0.1, 0.15) is 10.4 Å². The molecule has 4 rings (SSSR count). The molecule has 4 nitrogen and oxygen atoms in total. The molecule has 19 heavy (non-hydrogen) atoms. The maximum Gasteiger partial charge on any atom is 0.242 e. The Bertz CT molecular complexity index is 497. The van der Waals surface area contributed by atoms with E-state index in [9.17, 15) is 4.79 Å². The fourth-order valence-electron chi connectivity index (χ4n) is 3.12. The van der Waals surface area contributed by atoms with Crippen LogP contribution in [0.4, 0.5) is 5.82 Å². The molecule has 102 valence electrons. The van der Waals surface area contributed by atoms with Crippen LogP contribution in [0.25, 0.3) is 0 Å². The Morgan fingerprint density at radius 1 is 1.37 bits per heavy atom. The van der Waals surface area contributed by atoms with Crippen LogP contribution in [0, 0.1) is 12.8 Å². The Hall–Kier alpha value is -0.940. The van der Waals surface area contributed by atoms with Gasteiger partial charge in [0.15, 0.2) is 0 Å². The molecule has 1 saturated carbocycles. The lowest BCUT2D eigenvalue weighted by Gasteiger charge is -2.42. The predicted octanol–water partition coefficient (Wildman–Crippen LogP) is 2.62. The Labute approximate surface area is 121 Å². The van der Waals surface area contributed by atoms with Crippen LogP contribution in [-0.2, 0) is 4.79 Å². The number of halogens is 1. The molecule has 1 unspecified atom stereocenters. The quantitative estimate of drug-likeness (QED) is 0.822. The summed E-state index contributed by atoms with van der Waals surface area (Å²) in [7, 11) is 0. The number of nitrogens with one attached hydrogen (secondary N) is 2. The second kappa shape index (κ2) is 5.21. The fourth-order valence-corrected chi connectivity index (χ4v) is 3.43. The molecular formula is C14H18BrN3O. The Morgan fingerprint density at radius 3 is 2.74 bits per heavy atom. The Morgan fingerprint density at radius 2 is 2.11 bits per heavy atom. The number of carbonyl (C=O) groups is 1. The number of carbonyl (C=O) groups excluding carboxylic acids is 1. The molecular weight excluding hydrogens is 306 g/mol. The van der Waals surface area contributed by atoms with E-state index in [1.807, 2.05) is 19.1 Å². The van der Waals surface area contributed by atoms with E-state index in [-0.39, 0.29) is 11.9 Å². The SMILES string of the molecule is Cc1ccc(Br)nc1NC(=O)C1NC2CCC1CC2. The third kappa shape index (κ3) is 2.67. The van der Waals surface area contributed by atoms with Crippen LogP contribution in [0.1, 0.15) is 31.2 Å². The van der Waals surface area contributed by atoms with E-state index in [1.165, 1.54) is 25.7 Å². The van der Waals surface area contributed by atoms with Crippen LogP contribution >= 0.6 is 15.9 Å². The molecule has 3 aliphatic rings. The second-order valence-corrected chi connectivity index (χ2v) is 6.36. The number of nitrogens with zero attached hydrogens (tertiary/aromatic N) is 1. The van der Waals surface area contributed by atoms with Gasteiger partial charge in [0.2, 0.25) is 5.91 Å². The van der Waals surface area contributed by atoms with Crippen molar-refractivity contribution >= 4 is 27.7 Å². The van der Waals surface area contributed by atoms with Crippen LogP contribution in [-0.4, -0.2) is 23.0 Å². The van der Waals surface area contributed by atoms with Crippen LogP contribution in [0.15, 0.2) is 16.7 Å². The van der Waals surface area contributed by atoms with Gasteiger partial charge in [0.25, 0.3) is 0 Å². The highest BCUT2D eigenvalue weighted by Crippen LogP contribution is 2.33. The molecule has 1 aromatic rings. The number of pyridine rings is 1. The van der Waals surface area contributed by atoms with Gasteiger partial charge in [-0.1, -0.05) is 6.07 Å². The largest absolute Gasteiger partial charge is 0.309 e. The first-order valence-corrected chi connectivity index (χ1v) is 7.63. The number of hydrogen-bond acceptors (Lipinski definition) is 3. The van der Waals surface area contributed by atoms with E-state index in [0.29, 0.717) is 17.8 Å². The summed E-state index contributed by atoms with van der Waals surface area (Å²) < 4.78 is 0.742. The van der Waals surface area contributed by atoms with Gasteiger partial charge < -0.3 is 10.6 Å². The first-order valence-electron chi connectivity index (χ1n) is 6.83. The summed E-state index contributed by atoms with van der Waals surface area (Å²) in [6, 6.07) is 4.31. The summed E-state index contributed by atoms with van der Waals surface area (Å²) in [5.74, 6) is 1.20. The van der Waals surface area contributed by atoms with E-state index < -0.39 is 0 Å². The fraction of sp³-hybridized carbons (Fsp3) is 0.571. The standard InChI is InChI=1S/C14H18BrN3O/c1-8-2-7-11(15)17-13(8)18-14(19)12-9-3-5-10(16-12)6-4-9/h2,7,9-10,12,16H,3-6H2,1H3,(H,17,18,19). The van der Waals surface area contributed by atoms with Crippen LogP contribution in [0.3, 0.4) is 0 Å². The van der Waals surface area contributed by atoms with Gasteiger partial charge in [-0.05, 0) is 66.1 Å². The van der Waals surface area contributed by atoms with E-state index >= 15 is 0 Å². The molecule has 1 atom stereocenters. The normalized spacial score (nSPS) is 29.3. The highest BCUT2D eigenvalue weighted by Gasteiger charge is 2.39. The zero-order valence-electron chi connectivity index (χ0n) is 10.9. The summed E-state index contributed by atoms with van der Waals surface area (Å²) in [6.45, 7) is 1.95. The number of aromatic nitrogens is 1. The maximum atomic E-state index is 12.4. The number of anilines is 1. The van der Waals surface area contributed by atoms with Gasteiger partial charge in [0, 0.05) is 6.04 Å². The number of amides is 1. The predicted molar refractivity (Wildman–Crippen MR) is 78.0 cm³/mol. The number of aryl methyl sites for hydroxylation is 1.